The second kappa shape index (κ2) is 10.0. The molecule has 6 rings (SSSR count). The van der Waals surface area contributed by atoms with Crippen molar-refractivity contribution in [3.8, 4) is 5.75 Å². The Morgan fingerprint density at radius 2 is 1.95 bits per heavy atom. The second-order valence-electron chi connectivity index (χ2n) is 10.9. The van der Waals surface area contributed by atoms with E-state index in [0.717, 1.165) is 6.26 Å². The predicted molar refractivity (Wildman–Crippen MR) is 139 cm³/mol. The average Bonchev–Trinajstić information content (AvgIpc) is 3.29. The number of carbonyl (C=O) groups excluding carboxylic acids is 2. The Labute approximate surface area is 225 Å². The van der Waals surface area contributed by atoms with Crippen LogP contribution in [0.1, 0.15) is 66.0 Å². The molecule has 11 nitrogen and oxygen atoms in total. The smallest absolute Gasteiger partial charge is 0.296 e. The second-order valence-corrected chi connectivity index (χ2v) is 12.8. The van der Waals surface area contributed by atoms with Crippen LogP contribution in [0.4, 0.5) is 4.39 Å². The minimum Gasteiger partial charge on any atom is -0.501 e. The minimum atomic E-state index is -3.59. The monoisotopic (exact) mass is 561 g/mol. The van der Waals surface area contributed by atoms with Crippen LogP contribution in [0.2, 0.25) is 0 Å². The van der Waals surface area contributed by atoms with Crippen molar-refractivity contribution in [2.45, 2.75) is 70.1 Å². The first-order valence-corrected chi connectivity index (χ1v) is 14.9. The van der Waals surface area contributed by atoms with E-state index in [0.29, 0.717) is 56.2 Å². The van der Waals surface area contributed by atoms with Gasteiger partial charge in [0.2, 0.25) is 21.7 Å². The highest BCUT2D eigenvalue weighted by molar-refractivity contribution is 7.88. The zero-order valence-corrected chi connectivity index (χ0v) is 22.7. The molecule has 3 N–H and O–H groups in total. The third-order valence-corrected chi connectivity index (χ3v) is 9.45. The van der Waals surface area contributed by atoms with E-state index in [1.165, 1.54) is 21.0 Å². The molecule has 4 heterocycles. The molecule has 1 aromatic carbocycles. The first-order valence-electron chi connectivity index (χ1n) is 13.1. The average molecular weight is 562 g/mol. The Hall–Kier alpha value is -3.32. The molecule has 1 saturated heterocycles. The van der Waals surface area contributed by atoms with Crippen LogP contribution < -0.4 is 16.2 Å². The lowest BCUT2D eigenvalue weighted by molar-refractivity contribution is -0.127. The van der Waals surface area contributed by atoms with Crippen molar-refractivity contribution in [1.29, 1.82) is 0 Å². The first kappa shape index (κ1) is 27.3. The maximum Gasteiger partial charge on any atom is 0.296 e. The van der Waals surface area contributed by atoms with Crippen molar-refractivity contribution in [2.75, 3.05) is 12.8 Å². The van der Waals surface area contributed by atoms with Crippen LogP contribution in [0.25, 0.3) is 0 Å². The molecular formula is C26H32FN5O6S. The Bertz CT molecular complexity index is 1500. The minimum absolute atomic E-state index is 0.0203. The van der Waals surface area contributed by atoms with Crippen LogP contribution in [0.15, 0.2) is 23.0 Å². The number of aromatic hydroxyl groups is 1. The third kappa shape index (κ3) is 5.05. The van der Waals surface area contributed by atoms with Gasteiger partial charge in [-0.2, -0.15) is 4.31 Å². The molecule has 0 radical (unpaired) electrons. The number of aryl methyl sites for hydroxylation is 1. The van der Waals surface area contributed by atoms with Crippen molar-refractivity contribution in [3.05, 3.63) is 57.0 Å². The topological polar surface area (TPSA) is 151 Å². The molecule has 1 atom stereocenters. The molecule has 0 spiro atoms. The standard InChI is InChI=1S/C26H32FN5O6S/c1-15-12-17(5-6-18(15)27)13-28-23(35)20-21(33)24(36)31-14-16-7-9-26(10-8-16,25(31)29-20)30-22(34)19-4-3-11-32(19)39(2,37)38/h5-6,12,16,19,33H,3-4,7-11,13-14H2,1-2H3,(H,28,35)(H,30,34). The Balaban J connectivity index is 1.47. The number of rotatable bonds is 6. The van der Waals surface area contributed by atoms with E-state index < -0.39 is 50.4 Å². The third-order valence-electron chi connectivity index (χ3n) is 8.16. The van der Waals surface area contributed by atoms with Crippen LogP contribution in [0, 0.1) is 18.7 Å². The number of benzene rings is 1. The molecular weight excluding hydrogens is 529 g/mol. The molecule has 1 aliphatic carbocycles. The SMILES string of the molecule is Cc1cc(CNC(=O)c2nc3n(c(=O)c2O)CC2CCC3(NC(=O)C3CCCN3S(C)(=O)=O)CC2)ccc1F. The zero-order valence-electron chi connectivity index (χ0n) is 21.9. The summed E-state index contributed by atoms with van der Waals surface area (Å²) in [4.78, 5) is 44.3. The van der Waals surface area contributed by atoms with Gasteiger partial charge >= 0.3 is 0 Å². The van der Waals surface area contributed by atoms with Gasteiger partial charge in [0.25, 0.3) is 11.5 Å². The molecule has 1 unspecified atom stereocenters. The highest BCUT2D eigenvalue weighted by atomic mass is 32.2. The van der Waals surface area contributed by atoms with Crippen molar-refractivity contribution in [2.24, 2.45) is 5.92 Å². The van der Waals surface area contributed by atoms with Gasteiger partial charge in [-0.1, -0.05) is 12.1 Å². The van der Waals surface area contributed by atoms with Crippen LogP contribution in [0.3, 0.4) is 0 Å². The number of sulfonamides is 1. The fourth-order valence-corrected chi connectivity index (χ4v) is 7.18. The summed E-state index contributed by atoms with van der Waals surface area (Å²) < 4.78 is 40.6. The summed E-state index contributed by atoms with van der Waals surface area (Å²) in [6.07, 6.45) is 4.31. The summed E-state index contributed by atoms with van der Waals surface area (Å²) in [5.41, 5.74) is -1.28. The van der Waals surface area contributed by atoms with E-state index in [9.17, 15) is 32.3 Å². The fourth-order valence-electron chi connectivity index (χ4n) is 6.05. The quantitative estimate of drug-likeness (QED) is 0.481. The lowest BCUT2D eigenvalue weighted by Gasteiger charge is -2.38. The number of halogens is 1. The lowest BCUT2D eigenvalue weighted by atomic mass is 9.77. The molecule has 1 aromatic heterocycles. The number of hydrogen-bond acceptors (Lipinski definition) is 7. The summed E-state index contributed by atoms with van der Waals surface area (Å²) >= 11 is 0. The van der Waals surface area contributed by atoms with Crippen LogP contribution in [-0.2, 0) is 33.4 Å². The number of amides is 2. The van der Waals surface area contributed by atoms with Gasteiger partial charge in [0.05, 0.1) is 11.8 Å². The molecule has 39 heavy (non-hydrogen) atoms. The normalized spacial score (nSPS) is 24.7. The number of nitrogens with zero attached hydrogens (tertiary/aromatic N) is 3. The summed E-state index contributed by atoms with van der Waals surface area (Å²) in [7, 11) is -3.59. The van der Waals surface area contributed by atoms with Gasteiger partial charge in [-0.25, -0.2) is 17.8 Å². The summed E-state index contributed by atoms with van der Waals surface area (Å²) in [6, 6.07) is 3.53. The van der Waals surface area contributed by atoms with E-state index in [2.05, 4.69) is 15.6 Å². The van der Waals surface area contributed by atoms with Gasteiger partial charge in [0.15, 0.2) is 5.69 Å². The van der Waals surface area contributed by atoms with E-state index in [1.54, 1.807) is 13.0 Å². The van der Waals surface area contributed by atoms with E-state index in [-0.39, 0.29) is 30.6 Å². The maximum absolute atomic E-state index is 13.6. The summed E-state index contributed by atoms with van der Waals surface area (Å²) in [5.74, 6) is -2.09. The van der Waals surface area contributed by atoms with Crippen LogP contribution >= 0.6 is 0 Å². The maximum atomic E-state index is 13.6. The van der Waals surface area contributed by atoms with Gasteiger partial charge in [-0.15, -0.1) is 0 Å². The lowest BCUT2D eigenvalue weighted by Crippen LogP contribution is -2.55. The Morgan fingerprint density at radius 3 is 2.62 bits per heavy atom. The van der Waals surface area contributed by atoms with Gasteiger partial charge in [0.1, 0.15) is 17.7 Å². The molecule has 1 saturated carbocycles. The number of aromatic nitrogens is 2. The molecule has 210 valence electrons. The molecule has 3 aliphatic heterocycles. The highest BCUT2D eigenvalue weighted by Crippen LogP contribution is 2.43. The van der Waals surface area contributed by atoms with Crippen molar-refractivity contribution >= 4 is 21.8 Å². The molecule has 2 fully saturated rings. The number of fused-ring (bicyclic) bond motifs is 2. The Morgan fingerprint density at radius 1 is 1.23 bits per heavy atom. The summed E-state index contributed by atoms with van der Waals surface area (Å²) in [5, 5.41) is 16.3. The molecule has 13 heteroatoms. The van der Waals surface area contributed by atoms with Gasteiger partial charge in [0, 0.05) is 19.6 Å². The van der Waals surface area contributed by atoms with Crippen molar-refractivity contribution in [3.63, 3.8) is 0 Å². The van der Waals surface area contributed by atoms with Gasteiger partial charge in [-0.3, -0.25) is 19.0 Å². The largest absolute Gasteiger partial charge is 0.501 e. The van der Waals surface area contributed by atoms with E-state index >= 15 is 0 Å². The van der Waals surface area contributed by atoms with Crippen LogP contribution in [0.5, 0.6) is 5.75 Å². The van der Waals surface area contributed by atoms with Crippen molar-refractivity contribution < 1.29 is 27.5 Å². The molecule has 4 aliphatic rings. The van der Waals surface area contributed by atoms with Gasteiger partial charge < -0.3 is 15.7 Å². The predicted octanol–water partition coefficient (Wildman–Crippen LogP) is 1.27. The van der Waals surface area contributed by atoms with Gasteiger partial charge in [-0.05, 0) is 68.6 Å². The number of nitrogens with one attached hydrogen (secondary N) is 2. The number of carbonyl (C=O) groups is 2. The Kier molecular flexibility index (Phi) is 7.00. The van der Waals surface area contributed by atoms with E-state index in [4.69, 9.17) is 0 Å². The summed E-state index contributed by atoms with van der Waals surface area (Å²) in [6.45, 7) is 2.17. The number of hydrogen-bond donors (Lipinski definition) is 3. The zero-order chi connectivity index (χ0) is 28.1. The van der Waals surface area contributed by atoms with Crippen LogP contribution in [-0.4, -0.2) is 58.0 Å². The first-order chi connectivity index (χ1) is 18.4. The van der Waals surface area contributed by atoms with E-state index in [1.807, 2.05) is 0 Å². The molecule has 2 amide bonds. The molecule has 2 aromatic rings. The fraction of sp³-hybridized carbons (Fsp3) is 0.538. The highest BCUT2D eigenvalue weighted by Gasteiger charge is 2.48. The van der Waals surface area contributed by atoms with Crippen molar-refractivity contribution in [1.82, 2.24) is 24.5 Å². The molecule has 2 bridgehead atoms.